The molecule has 0 unspecified atom stereocenters. The second-order valence-corrected chi connectivity index (χ2v) is 4.98. The first kappa shape index (κ1) is 14.3. The number of nitrogens with one attached hydrogen (secondary N) is 1. The number of para-hydroxylation sites is 1. The molecule has 8 heteroatoms. The molecular formula is C11H5Cl4N3O. The van der Waals surface area contributed by atoms with Gasteiger partial charge in [0.15, 0.2) is 10.3 Å². The minimum Gasteiger partial charge on any atom is -0.319 e. The zero-order valence-corrected chi connectivity index (χ0v) is 12.1. The number of rotatable bonds is 2. The molecule has 98 valence electrons. The number of carbonyl (C=O) groups is 1. The molecule has 1 aromatic heterocycles. The minimum absolute atomic E-state index is 0.0554. The Morgan fingerprint density at radius 3 is 2.32 bits per heavy atom. The third kappa shape index (κ3) is 3.28. The average molecular weight is 337 g/mol. The molecule has 1 N–H and O–H groups in total. The SMILES string of the molecule is O=C(Nc1c(Cl)cccc1Cl)c1cc(Cl)nnc1Cl. The van der Waals surface area contributed by atoms with Gasteiger partial charge in [0.05, 0.1) is 21.3 Å². The Morgan fingerprint density at radius 2 is 1.68 bits per heavy atom. The summed E-state index contributed by atoms with van der Waals surface area (Å²) in [5.41, 5.74) is 0.373. The van der Waals surface area contributed by atoms with Crippen LogP contribution in [-0.4, -0.2) is 16.1 Å². The van der Waals surface area contributed by atoms with Crippen LogP contribution in [0.2, 0.25) is 20.4 Å². The van der Waals surface area contributed by atoms with Gasteiger partial charge in [-0.25, -0.2) is 0 Å². The summed E-state index contributed by atoms with van der Waals surface area (Å²) in [6.45, 7) is 0. The second-order valence-electron chi connectivity index (χ2n) is 3.42. The fourth-order valence-electron chi connectivity index (χ4n) is 1.31. The van der Waals surface area contributed by atoms with Gasteiger partial charge in [-0.2, -0.15) is 0 Å². The van der Waals surface area contributed by atoms with Gasteiger partial charge in [0.25, 0.3) is 5.91 Å². The smallest absolute Gasteiger partial charge is 0.259 e. The molecule has 0 atom stereocenters. The van der Waals surface area contributed by atoms with Crippen molar-refractivity contribution < 1.29 is 4.79 Å². The highest BCUT2D eigenvalue weighted by Crippen LogP contribution is 2.30. The van der Waals surface area contributed by atoms with Crippen molar-refractivity contribution in [3.05, 3.63) is 50.2 Å². The Labute approximate surface area is 128 Å². The predicted octanol–water partition coefficient (Wildman–Crippen LogP) is 4.34. The van der Waals surface area contributed by atoms with Crippen LogP contribution in [0.5, 0.6) is 0 Å². The van der Waals surface area contributed by atoms with Crippen LogP contribution in [0.15, 0.2) is 24.3 Å². The van der Waals surface area contributed by atoms with Crippen LogP contribution in [-0.2, 0) is 0 Å². The molecule has 0 aliphatic carbocycles. The van der Waals surface area contributed by atoms with E-state index in [4.69, 9.17) is 46.4 Å². The lowest BCUT2D eigenvalue weighted by molar-refractivity contribution is 0.102. The number of hydrogen-bond acceptors (Lipinski definition) is 3. The molecule has 0 bridgehead atoms. The topological polar surface area (TPSA) is 54.9 Å². The van der Waals surface area contributed by atoms with Gasteiger partial charge in [-0.05, 0) is 18.2 Å². The first-order valence-corrected chi connectivity index (χ1v) is 6.44. The number of anilines is 1. The van der Waals surface area contributed by atoms with Gasteiger partial charge in [-0.1, -0.05) is 52.5 Å². The summed E-state index contributed by atoms with van der Waals surface area (Å²) in [5.74, 6) is -0.531. The quantitative estimate of drug-likeness (QED) is 0.887. The van der Waals surface area contributed by atoms with Gasteiger partial charge >= 0.3 is 0 Å². The van der Waals surface area contributed by atoms with Gasteiger partial charge in [0, 0.05) is 0 Å². The summed E-state index contributed by atoms with van der Waals surface area (Å²) in [7, 11) is 0. The minimum atomic E-state index is -0.531. The molecule has 4 nitrogen and oxygen atoms in total. The highest BCUT2D eigenvalue weighted by atomic mass is 35.5. The molecule has 1 aromatic carbocycles. The van der Waals surface area contributed by atoms with Gasteiger partial charge in [-0.3, -0.25) is 4.79 Å². The average Bonchev–Trinajstić information content (AvgIpc) is 2.37. The molecule has 0 aliphatic rings. The Hall–Kier alpha value is -1.07. The Morgan fingerprint density at radius 1 is 1.05 bits per heavy atom. The van der Waals surface area contributed by atoms with Crippen molar-refractivity contribution >= 4 is 58.0 Å². The largest absolute Gasteiger partial charge is 0.319 e. The lowest BCUT2D eigenvalue weighted by atomic mass is 10.2. The van der Waals surface area contributed by atoms with E-state index in [9.17, 15) is 4.79 Å². The monoisotopic (exact) mass is 335 g/mol. The predicted molar refractivity (Wildman–Crippen MR) is 76.5 cm³/mol. The molecule has 0 saturated heterocycles. The van der Waals surface area contributed by atoms with Gasteiger partial charge in [0.1, 0.15) is 0 Å². The molecule has 0 aliphatic heterocycles. The van der Waals surface area contributed by atoms with Gasteiger partial charge < -0.3 is 5.32 Å². The Balaban J connectivity index is 2.34. The summed E-state index contributed by atoms with van der Waals surface area (Å²) in [6.07, 6.45) is 0. The van der Waals surface area contributed by atoms with Crippen LogP contribution < -0.4 is 5.32 Å². The lowest BCUT2D eigenvalue weighted by Gasteiger charge is -2.09. The molecule has 0 radical (unpaired) electrons. The highest BCUT2D eigenvalue weighted by molar-refractivity contribution is 6.40. The molecule has 19 heavy (non-hydrogen) atoms. The van der Waals surface area contributed by atoms with E-state index in [0.29, 0.717) is 15.7 Å². The molecule has 1 heterocycles. The maximum atomic E-state index is 12.1. The van der Waals surface area contributed by atoms with Crippen molar-refractivity contribution in [2.75, 3.05) is 5.32 Å². The van der Waals surface area contributed by atoms with Gasteiger partial charge in [0.2, 0.25) is 0 Å². The third-order valence-corrected chi connectivity index (χ3v) is 3.26. The lowest BCUT2D eigenvalue weighted by Crippen LogP contribution is -2.14. The van der Waals surface area contributed by atoms with Crippen molar-refractivity contribution in [3.8, 4) is 0 Å². The van der Waals surface area contributed by atoms with E-state index < -0.39 is 5.91 Å². The number of benzene rings is 1. The number of hydrogen-bond donors (Lipinski definition) is 1. The van der Waals surface area contributed by atoms with E-state index in [1.807, 2.05) is 0 Å². The summed E-state index contributed by atoms with van der Waals surface area (Å²) < 4.78 is 0. The molecule has 0 fully saturated rings. The van der Waals surface area contributed by atoms with Crippen LogP contribution in [0.25, 0.3) is 0 Å². The second kappa shape index (κ2) is 5.92. The standard InChI is InChI=1S/C11H5Cl4N3O/c12-6-2-1-3-7(13)9(6)16-11(19)5-4-8(14)17-18-10(5)15/h1-4H,(H,16,19). The Bertz CT molecular complexity index is 628. The highest BCUT2D eigenvalue weighted by Gasteiger charge is 2.16. The number of amides is 1. The fraction of sp³-hybridized carbons (Fsp3) is 0. The molecule has 2 rings (SSSR count). The van der Waals surface area contributed by atoms with Crippen LogP contribution in [0.3, 0.4) is 0 Å². The van der Waals surface area contributed by atoms with Crippen LogP contribution in [0, 0.1) is 0 Å². The first-order valence-electron chi connectivity index (χ1n) is 4.93. The summed E-state index contributed by atoms with van der Waals surface area (Å²) in [5, 5.41) is 10.2. The van der Waals surface area contributed by atoms with Crippen molar-refractivity contribution in [1.29, 1.82) is 0 Å². The fourth-order valence-corrected chi connectivity index (χ4v) is 2.13. The number of halogens is 4. The third-order valence-electron chi connectivity index (χ3n) is 2.16. The summed E-state index contributed by atoms with van der Waals surface area (Å²) >= 11 is 23.3. The van der Waals surface area contributed by atoms with E-state index in [1.165, 1.54) is 6.07 Å². The van der Waals surface area contributed by atoms with Crippen LogP contribution >= 0.6 is 46.4 Å². The van der Waals surface area contributed by atoms with Gasteiger partial charge in [-0.15, -0.1) is 10.2 Å². The number of aromatic nitrogens is 2. The van der Waals surface area contributed by atoms with Crippen molar-refractivity contribution in [3.63, 3.8) is 0 Å². The molecule has 0 spiro atoms. The zero-order chi connectivity index (χ0) is 14.0. The molecule has 2 aromatic rings. The zero-order valence-electron chi connectivity index (χ0n) is 9.12. The number of carbonyl (C=O) groups excluding carboxylic acids is 1. The summed E-state index contributed by atoms with van der Waals surface area (Å²) in [6, 6.07) is 6.17. The normalized spacial score (nSPS) is 10.3. The van der Waals surface area contributed by atoms with Crippen molar-refractivity contribution in [1.82, 2.24) is 10.2 Å². The van der Waals surface area contributed by atoms with E-state index in [2.05, 4.69) is 15.5 Å². The molecule has 1 amide bonds. The maximum absolute atomic E-state index is 12.1. The van der Waals surface area contributed by atoms with Crippen LogP contribution in [0.4, 0.5) is 5.69 Å². The van der Waals surface area contributed by atoms with E-state index in [0.717, 1.165) is 0 Å². The molecule has 0 saturated carbocycles. The summed E-state index contributed by atoms with van der Waals surface area (Å²) in [4.78, 5) is 12.1. The van der Waals surface area contributed by atoms with Crippen LogP contribution in [0.1, 0.15) is 10.4 Å². The molecular weight excluding hydrogens is 332 g/mol. The first-order chi connectivity index (χ1) is 8.99. The Kier molecular flexibility index (Phi) is 4.47. The van der Waals surface area contributed by atoms with E-state index in [1.54, 1.807) is 18.2 Å². The van der Waals surface area contributed by atoms with E-state index in [-0.39, 0.29) is 15.9 Å². The number of nitrogens with zero attached hydrogens (tertiary/aromatic N) is 2. The maximum Gasteiger partial charge on any atom is 0.259 e. The van der Waals surface area contributed by atoms with Crippen molar-refractivity contribution in [2.45, 2.75) is 0 Å². The van der Waals surface area contributed by atoms with Crippen molar-refractivity contribution in [2.24, 2.45) is 0 Å². The van der Waals surface area contributed by atoms with E-state index >= 15 is 0 Å².